The largest absolute Gasteiger partial charge is 0.480 e. The van der Waals surface area contributed by atoms with Gasteiger partial charge >= 0.3 is 5.97 Å². The third-order valence-electron chi connectivity index (χ3n) is 2.52. The number of hydrogen-bond donors (Lipinski definition) is 2. The van der Waals surface area contributed by atoms with Crippen LogP contribution in [0.25, 0.3) is 0 Å². The lowest BCUT2D eigenvalue weighted by atomic mass is 10.1. The number of aromatic nitrogens is 1. The Morgan fingerprint density at radius 3 is 3.00 bits per heavy atom. The van der Waals surface area contributed by atoms with Crippen molar-refractivity contribution < 1.29 is 9.90 Å². The molecule has 0 spiro atoms. The number of hydrogen-bond acceptors (Lipinski definition) is 5. The lowest BCUT2D eigenvalue weighted by Crippen LogP contribution is -2.37. The molecule has 0 amide bonds. The predicted molar refractivity (Wildman–Crippen MR) is 73.1 cm³/mol. The van der Waals surface area contributed by atoms with Crippen LogP contribution in [0.15, 0.2) is 22.9 Å². The third-order valence-corrected chi connectivity index (χ3v) is 4.13. The van der Waals surface area contributed by atoms with E-state index in [2.05, 4.69) is 9.69 Å². The highest BCUT2D eigenvalue weighted by Gasteiger charge is 2.17. The summed E-state index contributed by atoms with van der Waals surface area (Å²) < 4.78 is 4.17. The van der Waals surface area contributed by atoms with Crippen LogP contribution in [0.3, 0.4) is 0 Å². The zero-order valence-electron chi connectivity index (χ0n) is 9.92. The number of carboxylic acids is 1. The molecule has 0 saturated carbocycles. The Morgan fingerprint density at radius 2 is 2.44 bits per heavy atom. The number of nitrogens with zero attached hydrogens (tertiary/aromatic N) is 1. The Hall–Kier alpha value is -1.24. The van der Waals surface area contributed by atoms with Gasteiger partial charge in [-0.15, -0.1) is 0 Å². The minimum absolute atomic E-state index is 0.511. The van der Waals surface area contributed by atoms with Crippen LogP contribution >= 0.6 is 22.9 Å². The van der Waals surface area contributed by atoms with Crippen LogP contribution in [-0.4, -0.2) is 21.5 Å². The third kappa shape index (κ3) is 3.63. The second-order valence-corrected chi connectivity index (χ2v) is 5.71. The molecule has 0 fully saturated rings. The molecule has 2 aromatic heterocycles. The highest BCUT2D eigenvalue weighted by molar-refractivity contribution is 7.08. The quantitative estimate of drug-likeness (QED) is 0.853. The molecule has 0 saturated heterocycles. The van der Waals surface area contributed by atoms with Crippen molar-refractivity contribution in [3.8, 4) is 0 Å². The van der Waals surface area contributed by atoms with Crippen molar-refractivity contribution in [3.63, 3.8) is 0 Å². The highest BCUT2D eigenvalue weighted by Crippen LogP contribution is 2.11. The molecule has 2 aromatic rings. The van der Waals surface area contributed by atoms with Crippen molar-refractivity contribution in [1.82, 2.24) is 9.69 Å². The van der Waals surface area contributed by atoms with Gasteiger partial charge in [-0.2, -0.15) is 15.7 Å². The molecule has 1 unspecified atom stereocenters. The summed E-state index contributed by atoms with van der Waals surface area (Å²) in [6, 6.07) is 3.38. The fourth-order valence-electron chi connectivity index (χ4n) is 1.61. The first-order valence-electron chi connectivity index (χ1n) is 5.54. The molecule has 96 valence electrons. The molecule has 2 heterocycles. The van der Waals surface area contributed by atoms with Crippen molar-refractivity contribution in [2.75, 3.05) is 0 Å². The lowest BCUT2D eigenvalue weighted by Gasteiger charge is -2.12. The van der Waals surface area contributed by atoms with Gasteiger partial charge in [0.1, 0.15) is 6.04 Å². The van der Waals surface area contributed by atoms with Gasteiger partial charge in [0, 0.05) is 11.4 Å². The fraction of sp³-hybridized carbons (Fsp3) is 0.333. The summed E-state index contributed by atoms with van der Waals surface area (Å²) in [6.45, 7) is 2.48. The summed E-state index contributed by atoms with van der Waals surface area (Å²) in [4.78, 5) is 12.2. The molecule has 1 atom stereocenters. The number of rotatable bonds is 6. The molecule has 6 heteroatoms. The van der Waals surface area contributed by atoms with E-state index in [0.29, 0.717) is 13.0 Å². The molecule has 0 radical (unpaired) electrons. The van der Waals surface area contributed by atoms with Crippen molar-refractivity contribution in [1.29, 1.82) is 0 Å². The molecule has 18 heavy (non-hydrogen) atoms. The minimum atomic E-state index is -0.817. The van der Waals surface area contributed by atoms with Crippen LogP contribution in [0.4, 0.5) is 0 Å². The van der Waals surface area contributed by atoms with Crippen molar-refractivity contribution in [2.45, 2.75) is 25.9 Å². The van der Waals surface area contributed by atoms with Crippen molar-refractivity contribution >= 4 is 28.8 Å². The molecule has 0 aliphatic carbocycles. The van der Waals surface area contributed by atoms with Crippen LogP contribution in [0.5, 0.6) is 0 Å². The molecule has 2 rings (SSSR count). The summed E-state index contributed by atoms with van der Waals surface area (Å²) in [7, 11) is 0. The van der Waals surface area contributed by atoms with E-state index >= 15 is 0 Å². The second kappa shape index (κ2) is 6.08. The monoisotopic (exact) mass is 282 g/mol. The maximum Gasteiger partial charge on any atom is 0.321 e. The van der Waals surface area contributed by atoms with E-state index in [-0.39, 0.29) is 0 Å². The molecular weight excluding hydrogens is 268 g/mol. The van der Waals surface area contributed by atoms with Crippen molar-refractivity contribution in [3.05, 3.63) is 39.0 Å². The summed E-state index contributed by atoms with van der Waals surface area (Å²) in [5.41, 5.74) is 2.03. The Bertz CT molecular complexity index is 508. The van der Waals surface area contributed by atoms with Crippen LogP contribution in [0.2, 0.25) is 0 Å². The van der Waals surface area contributed by atoms with E-state index in [0.717, 1.165) is 16.1 Å². The fourth-order valence-corrected chi connectivity index (χ4v) is 2.98. The van der Waals surface area contributed by atoms with Crippen LogP contribution in [0.1, 0.15) is 16.1 Å². The molecule has 4 nitrogen and oxygen atoms in total. The summed E-state index contributed by atoms with van der Waals surface area (Å²) in [6.07, 6.45) is 0.511. The Morgan fingerprint density at radius 1 is 1.61 bits per heavy atom. The summed E-state index contributed by atoms with van der Waals surface area (Å²) in [5.74, 6) is -0.817. The average molecular weight is 282 g/mol. The normalized spacial score (nSPS) is 12.5. The van der Waals surface area contributed by atoms with Gasteiger partial charge < -0.3 is 5.11 Å². The molecule has 0 aromatic carbocycles. The zero-order chi connectivity index (χ0) is 13.0. The first-order chi connectivity index (χ1) is 8.65. The molecule has 0 bridgehead atoms. The van der Waals surface area contributed by atoms with E-state index in [9.17, 15) is 9.90 Å². The topological polar surface area (TPSA) is 62.2 Å². The van der Waals surface area contributed by atoms with E-state index in [1.54, 1.807) is 11.3 Å². The average Bonchev–Trinajstić information content (AvgIpc) is 2.95. The molecule has 0 aliphatic heterocycles. The van der Waals surface area contributed by atoms with Gasteiger partial charge in [-0.05, 0) is 53.3 Å². The second-order valence-electron chi connectivity index (χ2n) is 4.04. The van der Waals surface area contributed by atoms with Gasteiger partial charge in [-0.1, -0.05) is 0 Å². The zero-order valence-corrected chi connectivity index (χ0v) is 11.6. The van der Waals surface area contributed by atoms with Crippen molar-refractivity contribution in [2.24, 2.45) is 0 Å². The first kappa shape index (κ1) is 13.2. The Balaban J connectivity index is 1.92. The number of thiophene rings is 1. The van der Waals surface area contributed by atoms with Gasteiger partial charge in [-0.3, -0.25) is 10.1 Å². The SMILES string of the molecule is Cc1cc(CNC(Cc2ccsc2)C(=O)O)sn1. The standard InChI is InChI=1S/C12H14N2O2S2/c1-8-4-10(18-14-8)6-13-11(12(15)16)5-9-2-3-17-7-9/h2-4,7,11,13H,5-6H2,1H3,(H,15,16). The van der Waals surface area contributed by atoms with Crippen LogP contribution < -0.4 is 5.32 Å². The summed E-state index contributed by atoms with van der Waals surface area (Å²) in [5, 5.41) is 16.2. The van der Waals surface area contributed by atoms with E-state index < -0.39 is 12.0 Å². The molecular formula is C12H14N2O2S2. The lowest BCUT2D eigenvalue weighted by molar-refractivity contribution is -0.139. The summed E-state index contributed by atoms with van der Waals surface area (Å²) >= 11 is 2.99. The highest BCUT2D eigenvalue weighted by atomic mass is 32.1. The number of carbonyl (C=O) groups is 1. The number of nitrogens with one attached hydrogen (secondary N) is 1. The van der Waals surface area contributed by atoms with Gasteiger partial charge in [0.2, 0.25) is 0 Å². The van der Waals surface area contributed by atoms with Gasteiger partial charge in [-0.25, -0.2) is 0 Å². The minimum Gasteiger partial charge on any atom is -0.480 e. The Kier molecular flexibility index (Phi) is 4.46. The smallest absolute Gasteiger partial charge is 0.321 e. The van der Waals surface area contributed by atoms with E-state index in [1.165, 1.54) is 11.5 Å². The van der Waals surface area contributed by atoms with Gasteiger partial charge in [0.15, 0.2) is 0 Å². The molecule has 2 N–H and O–H groups in total. The van der Waals surface area contributed by atoms with Gasteiger partial charge in [0.05, 0.1) is 5.69 Å². The number of carboxylic acid groups (broad SMARTS) is 1. The van der Waals surface area contributed by atoms with Gasteiger partial charge in [0.25, 0.3) is 0 Å². The predicted octanol–water partition coefficient (Wildman–Crippen LogP) is 2.30. The van der Waals surface area contributed by atoms with Crippen LogP contribution in [-0.2, 0) is 17.8 Å². The van der Waals surface area contributed by atoms with E-state index in [1.807, 2.05) is 29.8 Å². The first-order valence-corrected chi connectivity index (χ1v) is 7.26. The van der Waals surface area contributed by atoms with E-state index in [4.69, 9.17) is 0 Å². The Labute approximate surface area is 113 Å². The maximum absolute atomic E-state index is 11.2. The molecule has 0 aliphatic rings. The maximum atomic E-state index is 11.2. The number of aliphatic carboxylic acids is 1. The number of aryl methyl sites for hydroxylation is 1. The van der Waals surface area contributed by atoms with Crippen LogP contribution in [0, 0.1) is 6.92 Å².